The Labute approximate surface area is 160 Å². The predicted octanol–water partition coefficient (Wildman–Crippen LogP) is 2.24. The SMILES string of the molecule is CN=C(NCc1cnc(N(C)C)n1C)N1CCc2ccccc21.I. The third-order valence-electron chi connectivity index (χ3n) is 4.24. The van der Waals surface area contributed by atoms with E-state index in [1.54, 1.807) is 0 Å². The van der Waals surface area contributed by atoms with E-state index in [1.165, 1.54) is 11.3 Å². The average Bonchev–Trinajstić information content (AvgIpc) is 3.13. The molecule has 1 aliphatic rings. The smallest absolute Gasteiger partial charge is 0.204 e. The minimum Gasteiger partial charge on any atom is -0.350 e. The molecule has 2 heterocycles. The maximum absolute atomic E-state index is 4.45. The van der Waals surface area contributed by atoms with Crippen LogP contribution in [0.15, 0.2) is 35.5 Å². The number of benzene rings is 1. The second-order valence-electron chi connectivity index (χ2n) is 5.93. The van der Waals surface area contributed by atoms with Crippen molar-refractivity contribution in [1.29, 1.82) is 0 Å². The van der Waals surface area contributed by atoms with Gasteiger partial charge in [-0.2, -0.15) is 0 Å². The zero-order chi connectivity index (χ0) is 16.4. The van der Waals surface area contributed by atoms with Crippen molar-refractivity contribution < 1.29 is 0 Å². The molecule has 0 radical (unpaired) electrons. The lowest BCUT2D eigenvalue weighted by molar-refractivity contribution is 0.759. The van der Waals surface area contributed by atoms with Gasteiger partial charge < -0.3 is 19.7 Å². The van der Waals surface area contributed by atoms with Crippen LogP contribution >= 0.6 is 24.0 Å². The molecule has 0 saturated heterocycles. The molecule has 1 N–H and O–H groups in total. The van der Waals surface area contributed by atoms with E-state index in [0.717, 1.165) is 30.6 Å². The molecule has 2 aromatic rings. The molecule has 6 nitrogen and oxygen atoms in total. The molecule has 0 fully saturated rings. The average molecular weight is 440 g/mol. The number of guanidine groups is 1. The number of para-hydroxylation sites is 1. The van der Waals surface area contributed by atoms with E-state index in [1.807, 2.05) is 39.3 Å². The second kappa shape index (κ2) is 7.87. The number of imidazole rings is 1. The summed E-state index contributed by atoms with van der Waals surface area (Å²) in [4.78, 5) is 13.2. The van der Waals surface area contributed by atoms with Gasteiger partial charge in [-0.1, -0.05) is 18.2 Å². The number of hydrogen-bond donors (Lipinski definition) is 1. The van der Waals surface area contributed by atoms with Crippen molar-refractivity contribution in [2.24, 2.45) is 12.0 Å². The van der Waals surface area contributed by atoms with Gasteiger partial charge in [-0.3, -0.25) is 4.99 Å². The van der Waals surface area contributed by atoms with E-state index in [4.69, 9.17) is 0 Å². The summed E-state index contributed by atoms with van der Waals surface area (Å²) in [5, 5.41) is 3.46. The Balaban J connectivity index is 0.00000208. The monoisotopic (exact) mass is 440 g/mol. The summed E-state index contributed by atoms with van der Waals surface area (Å²) in [6, 6.07) is 8.52. The highest BCUT2D eigenvalue weighted by atomic mass is 127. The Bertz CT molecular complexity index is 722. The number of fused-ring (bicyclic) bond motifs is 1. The lowest BCUT2D eigenvalue weighted by Gasteiger charge is -2.22. The maximum Gasteiger partial charge on any atom is 0.204 e. The van der Waals surface area contributed by atoms with Gasteiger partial charge in [0.2, 0.25) is 5.95 Å². The lowest BCUT2D eigenvalue weighted by Crippen LogP contribution is -2.40. The van der Waals surface area contributed by atoms with Gasteiger partial charge in [0.05, 0.1) is 18.4 Å². The predicted molar refractivity (Wildman–Crippen MR) is 111 cm³/mol. The first-order valence-corrected chi connectivity index (χ1v) is 7.86. The van der Waals surface area contributed by atoms with Gasteiger partial charge in [-0.25, -0.2) is 4.98 Å². The van der Waals surface area contributed by atoms with Crippen molar-refractivity contribution in [1.82, 2.24) is 14.9 Å². The number of rotatable bonds is 3. The van der Waals surface area contributed by atoms with Crippen LogP contribution in [0.1, 0.15) is 11.3 Å². The quantitative estimate of drug-likeness (QED) is 0.452. The van der Waals surface area contributed by atoms with Crippen LogP contribution in [-0.2, 0) is 20.0 Å². The van der Waals surface area contributed by atoms with E-state index in [-0.39, 0.29) is 24.0 Å². The van der Waals surface area contributed by atoms with Gasteiger partial charge in [0.25, 0.3) is 0 Å². The third kappa shape index (κ3) is 3.50. The van der Waals surface area contributed by atoms with Crippen molar-refractivity contribution in [2.45, 2.75) is 13.0 Å². The van der Waals surface area contributed by atoms with Crippen LogP contribution in [-0.4, -0.2) is 43.2 Å². The molecule has 24 heavy (non-hydrogen) atoms. The molecular formula is C17H25IN6. The summed E-state index contributed by atoms with van der Waals surface area (Å²) in [6.07, 6.45) is 2.97. The fourth-order valence-corrected chi connectivity index (χ4v) is 3.04. The van der Waals surface area contributed by atoms with Gasteiger partial charge in [0, 0.05) is 40.4 Å². The Morgan fingerprint density at radius 3 is 2.75 bits per heavy atom. The summed E-state index contributed by atoms with van der Waals surface area (Å²) in [6.45, 7) is 1.66. The molecule has 0 spiro atoms. The summed E-state index contributed by atoms with van der Waals surface area (Å²) in [5.41, 5.74) is 3.76. The van der Waals surface area contributed by atoms with Gasteiger partial charge in [0.1, 0.15) is 0 Å². The first-order chi connectivity index (χ1) is 11.1. The number of nitrogens with one attached hydrogen (secondary N) is 1. The van der Waals surface area contributed by atoms with Gasteiger partial charge in [-0.05, 0) is 18.1 Å². The first-order valence-electron chi connectivity index (χ1n) is 7.86. The van der Waals surface area contributed by atoms with Crippen LogP contribution in [0.3, 0.4) is 0 Å². The molecule has 3 rings (SSSR count). The maximum atomic E-state index is 4.45. The zero-order valence-corrected chi connectivity index (χ0v) is 17.0. The van der Waals surface area contributed by atoms with Crippen molar-refractivity contribution in [2.75, 3.05) is 37.5 Å². The summed E-state index contributed by atoms with van der Waals surface area (Å²) in [7, 11) is 7.87. The topological polar surface area (TPSA) is 48.7 Å². The molecule has 0 amide bonds. The molecule has 7 heteroatoms. The van der Waals surface area contributed by atoms with Crippen molar-refractivity contribution in [3.05, 3.63) is 41.7 Å². The van der Waals surface area contributed by atoms with E-state index < -0.39 is 0 Å². The normalized spacial score (nSPS) is 13.5. The van der Waals surface area contributed by atoms with Crippen LogP contribution in [0.4, 0.5) is 11.6 Å². The van der Waals surface area contributed by atoms with Gasteiger partial charge in [0.15, 0.2) is 5.96 Å². The number of nitrogens with zero attached hydrogens (tertiary/aromatic N) is 5. The fourth-order valence-electron chi connectivity index (χ4n) is 3.04. The van der Waals surface area contributed by atoms with E-state index in [9.17, 15) is 0 Å². The summed E-state index contributed by atoms with van der Waals surface area (Å²) >= 11 is 0. The molecule has 130 valence electrons. The molecule has 0 saturated carbocycles. The Morgan fingerprint density at radius 2 is 2.08 bits per heavy atom. The highest BCUT2D eigenvalue weighted by Crippen LogP contribution is 2.27. The standard InChI is InChI=1S/C17H24N6.HI/c1-18-16(23-10-9-13-7-5-6-8-15(13)23)19-11-14-12-20-17(21(2)3)22(14)4;/h5-8,12H,9-11H2,1-4H3,(H,18,19);1H. The number of hydrogen-bond acceptors (Lipinski definition) is 3. The minimum absolute atomic E-state index is 0. The lowest BCUT2D eigenvalue weighted by atomic mass is 10.2. The highest BCUT2D eigenvalue weighted by molar-refractivity contribution is 14.0. The Hall–Kier alpha value is -1.77. The van der Waals surface area contributed by atoms with E-state index in [0.29, 0.717) is 6.54 Å². The Morgan fingerprint density at radius 1 is 1.33 bits per heavy atom. The van der Waals surface area contributed by atoms with E-state index >= 15 is 0 Å². The van der Waals surface area contributed by atoms with Gasteiger partial charge in [-0.15, -0.1) is 24.0 Å². The van der Waals surface area contributed by atoms with Crippen molar-refractivity contribution in [3.63, 3.8) is 0 Å². The van der Waals surface area contributed by atoms with Crippen LogP contribution in [0.5, 0.6) is 0 Å². The number of aromatic nitrogens is 2. The first kappa shape index (κ1) is 18.6. The van der Waals surface area contributed by atoms with Crippen LogP contribution in [0.25, 0.3) is 0 Å². The van der Waals surface area contributed by atoms with Crippen molar-refractivity contribution in [3.8, 4) is 0 Å². The molecular weight excluding hydrogens is 415 g/mol. The van der Waals surface area contributed by atoms with Crippen LogP contribution in [0, 0.1) is 0 Å². The number of halogens is 1. The fraction of sp³-hybridized carbons (Fsp3) is 0.412. The molecule has 1 aromatic heterocycles. The zero-order valence-electron chi connectivity index (χ0n) is 14.7. The molecule has 0 bridgehead atoms. The van der Waals surface area contributed by atoms with Crippen LogP contribution < -0.4 is 15.1 Å². The highest BCUT2D eigenvalue weighted by Gasteiger charge is 2.22. The Kier molecular flexibility index (Phi) is 6.09. The molecule has 0 atom stereocenters. The molecule has 1 aliphatic heterocycles. The second-order valence-corrected chi connectivity index (χ2v) is 5.93. The number of anilines is 2. The minimum atomic E-state index is 0. The number of aliphatic imine (C=N–C) groups is 1. The molecule has 0 aliphatic carbocycles. The third-order valence-corrected chi connectivity index (χ3v) is 4.24. The molecule has 1 aromatic carbocycles. The van der Waals surface area contributed by atoms with E-state index in [2.05, 4.69) is 49.0 Å². The van der Waals surface area contributed by atoms with Gasteiger partial charge >= 0.3 is 0 Å². The summed E-state index contributed by atoms with van der Waals surface area (Å²) < 4.78 is 2.10. The summed E-state index contributed by atoms with van der Waals surface area (Å²) in [5.74, 6) is 1.85. The van der Waals surface area contributed by atoms with Crippen molar-refractivity contribution >= 4 is 41.6 Å². The largest absolute Gasteiger partial charge is 0.350 e. The van der Waals surface area contributed by atoms with Crippen LogP contribution in [0.2, 0.25) is 0 Å². The molecule has 0 unspecified atom stereocenters.